The third-order valence-electron chi connectivity index (χ3n) is 3.82. The van der Waals surface area contributed by atoms with Crippen LogP contribution in [0.4, 0.5) is 0 Å². The standard InChI is InChI=1S/C13H23N3O2/c1-10(11-5-4-6-14-7-11)16-9-15-8-12(16)13(17-2)18-3/h8-11,13-14H,4-7H2,1-3H3. The van der Waals surface area contributed by atoms with E-state index in [1.54, 1.807) is 14.2 Å². The maximum absolute atomic E-state index is 5.32. The van der Waals surface area contributed by atoms with Crippen molar-refractivity contribution in [2.75, 3.05) is 27.3 Å². The van der Waals surface area contributed by atoms with E-state index in [1.807, 2.05) is 12.5 Å². The van der Waals surface area contributed by atoms with Crippen LogP contribution < -0.4 is 5.32 Å². The minimum atomic E-state index is -0.341. The number of imidazole rings is 1. The minimum absolute atomic E-state index is 0.341. The molecule has 2 heterocycles. The molecule has 1 aromatic heterocycles. The van der Waals surface area contributed by atoms with Crippen molar-refractivity contribution in [3.8, 4) is 0 Å². The van der Waals surface area contributed by atoms with Gasteiger partial charge in [-0.05, 0) is 38.8 Å². The fourth-order valence-electron chi connectivity index (χ4n) is 2.69. The average molecular weight is 253 g/mol. The third-order valence-corrected chi connectivity index (χ3v) is 3.82. The number of hydrogen-bond donors (Lipinski definition) is 1. The first-order valence-electron chi connectivity index (χ1n) is 6.56. The number of aromatic nitrogens is 2. The predicted molar refractivity (Wildman–Crippen MR) is 69.3 cm³/mol. The van der Waals surface area contributed by atoms with Crippen LogP contribution in [0, 0.1) is 5.92 Å². The van der Waals surface area contributed by atoms with Gasteiger partial charge in [0, 0.05) is 20.3 Å². The number of methoxy groups -OCH3 is 2. The van der Waals surface area contributed by atoms with Gasteiger partial charge < -0.3 is 19.4 Å². The van der Waals surface area contributed by atoms with Gasteiger partial charge in [0.2, 0.25) is 0 Å². The highest BCUT2D eigenvalue weighted by Crippen LogP contribution is 2.28. The number of hydrogen-bond acceptors (Lipinski definition) is 4. The molecule has 1 fully saturated rings. The largest absolute Gasteiger partial charge is 0.350 e. The lowest BCUT2D eigenvalue weighted by atomic mass is 9.92. The van der Waals surface area contributed by atoms with Crippen LogP contribution in [0.2, 0.25) is 0 Å². The lowest BCUT2D eigenvalue weighted by Gasteiger charge is -2.31. The molecule has 0 aliphatic carbocycles. The van der Waals surface area contributed by atoms with E-state index >= 15 is 0 Å². The normalized spacial score (nSPS) is 22.3. The molecule has 1 aliphatic rings. The number of ether oxygens (including phenoxy) is 2. The molecule has 1 aromatic rings. The molecule has 1 N–H and O–H groups in total. The first-order valence-corrected chi connectivity index (χ1v) is 6.56. The molecular weight excluding hydrogens is 230 g/mol. The highest BCUT2D eigenvalue weighted by molar-refractivity contribution is 5.03. The number of piperidine rings is 1. The van der Waals surface area contributed by atoms with Crippen molar-refractivity contribution in [1.82, 2.24) is 14.9 Å². The summed E-state index contributed by atoms with van der Waals surface area (Å²) >= 11 is 0. The summed E-state index contributed by atoms with van der Waals surface area (Å²) in [7, 11) is 3.30. The van der Waals surface area contributed by atoms with E-state index < -0.39 is 0 Å². The zero-order valence-electron chi connectivity index (χ0n) is 11.4. The number of nitrogens with zero attached hydrogens (tertiary/aromatic N) is 2. The van der Waals surface area contributed by atoms with Crippen LogP contribution in [-0.2, 0) is 9.47 Å². The van der Waals surface area contributed by atoms with Gasteiger partial charge in [-0.25, -0.2) is 4.98 Å². The maximum Gasteiger partial charge on any atom is 0.200 e. The Morgan fingerprint density at radius 1 is 1.44 bits per heavy atom. The smallest absolute Gasteiger partial charge is 0.200 e. The van der Waals surface area contributed by atoms with Gasteiger partial charge in [0.15, 0.2) is 6.29 Å². The zero-order valence-corrected chi connectivity index (χ0v) is 11.4. The maximum atomic E-state index is 5.32. The molecule has 1 saturated heterocycles. The highest BCUT2D eigenvalue weighted by atomic mass is 16.7. The van der Waals surface area contributed by atoms with Crippen LogP contribution in [0.25, 0.3) is 0 Å². The summed E-state index contributed by atoms with van der Waals surface area (Å²) < 4.78 is 12.8. The minimum Gasteiger partial charge on any atom is -0.350 e. The topological polar surface area (TPSA) is 48.3 Å². The second-order valence-electron chi connectivity index (χ2n) is 4.88. The highest BCUT2D eigenvalue weighted by Gasteiger charge is 2.25. The van der Waals surface area contributed by atoms with E-state index in [0.717, 1.165) is 18.8 Å². The molecule has 18 heavy (non-hydrogen) atoms. The average Bonchev–Trinajstić information content (AvgIpc) is 2.90. The van der Waals surface area contributed by atoms with Crippen molar-refractivity contribution < 1.29 is 9.47 Å². The molecule has 0 spiro atoms. The van der Waals surface area contributed by atoms with Crippen LogP contribution in [0.5, 0.6) is 0 Å². The fourth-order valence-corrected chi connectivity index (χ4v) is 2.69. The van der Waals surface area contributed by atoms with E-state index in [-0.39, 0.29) is 6.29 Å². The third kappa shape index (κ3) is 2.74. The zero-order chi connectivity index (χ0) is 13.0. The van der Waals surface area contributed by atoms with Gasteiger partial charge in [-0.15, -0.1) is 0 Å². The molecule has 5 nitrogen and oxygen atoms in total. The molecule has 2 rings (SSSR count). The van der Waals surface area contributed by atoms with Crippen molar-refractivity contribution in [1.29, 1.82) is 0 Å². The summed E-state index contributed by atoms with van der Waals surface area (Å²) in [6.45, 7) is 4.45. The van der Waals surface area contributed by atoms with Gasteiger partial charge in [0.1, 0.15) is 0 Å². The number of rotatable bonds is 5. The van der Waals surface area contributed by atoms with Crippen LogP contribution in [0.15, 0.2) is 12.5 Å². The first-order chi connectivity index (χ1) is 8.77. The summed E-state index contributed by atoms with van der Waals surface area (Å²) in [5.74, 6) is 0.640. The first kappa shape index (κ1) is 13.5. The molecule has 2 unspecified atom stereocenters. The molecule has 0 bridgehead atoms. The molecule has 102 valence electrons. The Morgan fingerprint density at radius 3 is 2.83 bits per heavy atom. The summed E-state index contributed by atoms with van der Waals surface area (Å²) in [6, 6.07) is 0.406. The Kier molecular flexibility index (Phi) is 4.74. The van der Waals surface area contributed by atoms with Crippen molar-refractivity contribution in [3.05, 3.63) is 18.2 Å². The van der Waals surface area contributed by atoms with Gasteiger partial charge in [0.25, 0.3) is 0 Å². The molecule has 1 aliphatic heterocycles. The second kappa shape index (κ2) is 6.31. The molecule has 0 aromatic carbocycles. The number of nitrogens with one attached hydrogen (secondary N) is 1. The Labute approximate surface area is 108 Å². The van der Waals surface area contributed by atoms with Crippen LogP contribution in [0.1, 0.15) is 37.8 Å². The lowest BCUT2D eigenvalue weighted by molar-refractivity contribution is -0.111. The summed E-state index contributed by atoms with van der Waals surface area (Å²) in [4.78, 5) is 4.24. The van der Waals surface area contributed by atoms with Gasteiger partial charge in [-0.2, -0.15) is 0 Å². The monoisotopic (exact) mass is 253 g/mol. The van der Waals surface area contributed by atoms with Crippen molar-refractivity contribution in [2.45, 2.75) is 32.1 Å². The predicted octanol–water partition coefficient (Wildman–Crippen LogP) is 1.74. The van der Waals surface area contributed by atoms with Crippen molar-refractivity contribution in [3.63, 3.8) is 0 Å². The van der Waals surface area contributed by atoms with Crippen LogP contribution in [-0.4, -0.2) is 36.9 Å². The summed E-state index contributed by atoms with van der Waals surface area (Å²) in [6.07, 6.45) is 5.86. The molecule has 5 heteroatoms. The Bertz CT molecular complexity index is 357. The second-order valence-corrected chi connectivity index (χ2v) is 4.88. The Balaban J connectivity index is 2.14. The van der Waals surface area contributed by atoms with E-state index in [1.165, 1.54) is 12.8 Å². The SMILES string of the molecule is COC(OC)c1cncn1C(C)C1CCCNC1. The van der Waals surface area contributed by atoms with Gasteiger partial charge in [0.05, 0.1) is 18.2 Å². The van der Waals surface area contributed by atoms with Crippen molar-refractivity contribution >= 4 is 0 Å². The van der Waals surface area contributed by atoms with Gasteiger partial charge in [-0.3, -0.25) is 0 Å². The molecule has 0 radical (unpaired) electrons. The molecule has 0 amide bonds. The molecule has 2 atom stereocenters. The van der Waals surface area contributed by atoms with Crippen molar-refractivity contribution in [2.24, 2.45) is 5.92 Å². The van der Waals surface area contributed by atoms with E-state index in [4.69, 9.17) is 9.47 Å². The van der Waals surface area contributed by atoms with Crippen LogP contribution in [0.3, 0.4) is 0 Å². The Morgan fingerprint density at radius 2 is 2.22 bits per heavy atom. The Hall–Kier alpha value is -0.910. The van der Waals surface area contributed by atoms with Gasteiger partial charge >= 0.3 is 0 Å². The molecular formula is C13H23N3O2. The van der Waals surface area contributed by atoms with Crippen LogP contribution >= 0.6 is 0 Å². The van der Waals surface area contributed by atoms with E-state index in [0.29, 0.717) is 12.0 Å². The summed E-state index contributed by atoms with van der Waals surface area (Å²) in [5.41, 5.74) is 0.984. The van der Waals surface area contributed by atoms with Gasteiger partial charge in [-0.1, -0.05) is 0 Å². The lowest BCUT2D eigenvalue weighted by Crippen LogP contribution is -2.34. The fraction of sp³-hybridized carbons (Fsp3) is 0.769. The summed E-state index contributed by atoms with van der Waals surface area (Å²) in [5, 5.41) is 3.46. The quantitative estimate of drug-likeness (QED) is 0.812. The van der Waals surface area contributed by atoms with E-state index in [2.05, 4.69) is 21.8 Å². The molecule has 0 saturated carbocycles. The van der Waals surface area contributed by atoms with E-state index in [9.17, 15) is 0 Å².